The van der Waals surface area contributed by atoms with Crippen LogP contribution in [-0.4, -0.2) is 50.2 Å². The van der Waals surface area contributed by atoms with Gasteiger partial charge in [-0.1, -0.05) is 18.2 Å². The number of hydrogen-bond acceptors (Lipinski definition) is 4. The van der Waals surface area contributed by atoms with Crippen LogP contribution in [0.2, 0.25) is 0 Å². The summed E-state index contributed by atoms with van der Waals surface area (Å²) < 4.78 is 11.3. The fraction of sp³-hybridized carbons (Fsp3) is 0.350. The first kappa shape index (κ1) is 15.8. The average Bonchev–Trinajstić information content (AvgIpc) is 2.93. The van der Waals surface area contributed by atoms with E-state index in [4.69, 9.17) is 9.47 Å². The largest absolute Gasteiger partial charge is 0.490 e. The highest BCUT2D eigenvalue weighted by Gasteiger charge is 2.23. The molecule has 25 heavy (non-hydrogen) atoms. The van der Waals surface area contributed by atoms with Gasteiger partial charge in [0, 0.05) is 43.9 Å². The van der Waals surface area contributed by atoms with Gasteiger partial charge < -0.3 is 19.3 Å². The first-order valence-corrected chi connectivity index (χ1v) is 8.80. The number of amides is 1. The fourth-order valence-electron chi connectivity index (χ4n) is 3.29. The van der Waals surface area contributed by atoms with Gasteiger partial charge in [0.2, 0.25) is 0 Å². The van der Waals surface area contributed by atoms with Crippen molar-refractivity contribution in [1.82, 2.24) is 4.90 Å². The van der Waals surface area contributed by atoms with E-state index in [1.54, 1.807) is 0 Å². The molecule has 2 aliphatic heterocycles. The molecule has 2 aromatic rings. The number of anilines is 1. The number of fused-ring (bicyclic) bond motifs is 1. The van der Waals surface area contributed by atoms with Crippen molar-refractivity contribution in [1.29, 1.82) is 0 Å². The van der Waals surface area contributed by atoms with Gasteiger partial charge in [-0.3, -0.25) is 4.79 Å². The van der Waals surface area contributed by atoms with Crippen LogP contribution in [0.1, 0.15) is 16.8 Å². The van der Waals surface area contributed by atoms with Crippen LogP contribution < -0.4 is 14.4 Å². The molecule has 1 fully saturated rings. The minimum Gasteiger partial charge on any atom is -0.490 e. The number of rotatable bonds is 2. The number of carbonyl (C=O) groups is 1. The topological polar surface area (TPSA) is 42.0 Å². The number of benzene rings is 2. The van der Waals surface area contributed by atoms with Gasteiger partial charge in [0.25, 0.3) is 5.91 Å². The third kappa shape index (κ3) is 3.40. The molecule has 0 bridgehead atoms. The van der Waals surface area contributed by atoms with E-state index in [1.807, 2.05) is 41.3 Å². The molecule has 0 atom stereocenters. The maximum absolute atomic E-state index is 12.8. The standard InChI is InChI=1S/C20H22N2O3/c23-20(16-7-8-18-19(15-16)25-14-4-13-24-18)22-11-9-21(10-12-22)17-5-2-1-3-6-17/h1-3,5-8,15H,4,9-14H2. The molecule has 0 spiro atoms. The Morgan fingerprint density at radius 3 is 2.32 bits per heavy atom. The van der Waals surface area contributed by atoms with E-state index in [0.29, 0.717) is 24.5 Å². The van der Waals surface area contributed by atoms with Crippen LogP contribution in [0.4, 0.5) is 5.69 Å². The number of piperazine rings is 1. The second kappa shape index (κ2) is 7.05. The van der Waals surface area contributed by atoms with Gasteiger partial charge in [0.1, 0.15) is 0 Å². The molecule has 0 radical (unpaired) electrons. The van der Waals surface area contributed by atoms with Crippen LogP contribution in [0.15, 0.2) is 48.5 Å². The van der Waals surface area contributed by atoms with Gasteiger partial charge in [-0.2, -0.15) is 0 Å². The Kier molecular flexibility index (Phi) is 4.46. The first-order chi connectivity index (χ1) is 12.3. The Morgan fingerprint density at radius 1 is 0.840 bits per heavy atom. The van der Waals surface area contributed by atoms with E-state index < -0.39 is 0 Å². The molecule has 1 amide bonds. The van der Waals surface area contributed by atoms with Crippen molar-refractivity contribution in [3.05, 3.63) is 54.1 Å². The number of para-hydroxylation sites is 1. The Hall–Kier alpha value is -2.69. The van der Waals surface area contributed by atoms with Crippen LogP contribution in [0.5, 0.6) is 11.5 Å². The lowest BCUT2D eigenvalue weighted by Gasteiger charge is -2.36. The SMILES string of the molecule is O=C(c1ccc2c(c1)OCCCO2)N1CCN(c2ccccc2)CC1. The van der Waals surface area contributed by atoms with Crippen LogP contribution in [0.3, 0.4) is 0 Å². The molecule has 5 nitrogen and oxygen atoms in total. The third-order valence-corrected chi connectivity index (χ3v) is 4.68. The predicted molar refractivity (Wildman–Crippen MR) is 96.6 cm³/mol. The molecule has 2 heterocycles. The van der Waals surface area contributed by atoms with Crippen molar-refractivity contribution in [3.8, 4) is 11.5 Å². The summed E-state index contributed by atoms with van der Waals surface area (Å²) in [6, 6.07) is 15.8. The number of ether oxygens (including phenoxy) is 2. The molecule has 5 heteroatoms. The second-order valence-electron chi connectivity index (χ2n) is 6.33. The zero-order valence-corrected chi connectivity index (χ0v) is 14.2. The summed E-state index contributed by atoms with van der Waals surface area (Å²) in [6.07, 6.45) is 0.861. The molecule has 1 saturated heterocycles. The molecule has 0 unspecified atom stereocenters. The van der Waals surface area contributed by atoms with E-state index in [9.17, 15) is 4.79 Å². The first-order valence-electron chi connectivity index (χ1n) is 8.80. The number of nitrogens with zero attached hydrogens (tertiary/aromatic N) is 2. The molecule has 0 aliphatic carbocycles. The monoisotopic (exact) mass is 338 g/mol. The summed E-state index contributed by atoms with van der Waals surface area (Å²) in [5.41, 5.74) is 1.88. The summed E-state index contributed by atoms with van der Waals surface area (Å²) in [4.78, 5) is 17.1. The van der Waals surface area contributed by atoms with Gasteiger partial charge in [-0.25, -0.2) is 0 Å². The number of carbonyl (C=O) groups excluding carboxylic acids is 1. The highest BCUT2D eigenvalue weighted by molar-refractivity contribution is 5.95. The van der Waals surface area contributed by atoms with Crippen LogP contribution in [0, 0.1) is 0 Å². The van der Waals surface area contributed by atoms with Crippen molar-refractivity contribution >= 4 is 11.6 Å². The van der Waals surface area contributed by atoms with E-state index in [1.165, 1.54) is 5.69 Å². The summed E-state index contributed by atoms with van der Waals surface area (Å²) in [6.45, 7) is 4.42. The van der Waals surface area contributed by atoms with E-state index in [-0.39, 0.29) is 5.91 Å². The highest BCUT2D eigenvalue weighted by atomic mass is 16.5. The van der Waals surface area contributed by atoms with Gasteiger partial charge in [0.05, 0.1) is 13.2 Å². The lowest BCUT2D eigenvalue weighted by molar-refractivity contribution is 0.0746. The van der Waals surface area contributed by atoms with Crippen LogP contribution in [0.25, 0.3) is 0 Å². The number of hydrogen-bond donors (Lipinski definition) is 0. The smallest absolute Gasteiger partial charge is 0.254 e. The molecule has 0 N–H and O–H groups in total. The van der Waals surface area contributed by atoms with Crippen LogP contribution in [-0.2, 0) is 0 Å². The van der Waals surface area contributed by atoms with Crippen molar-refractivity contribution in [2.24, 2.45) is 0 Å². The van der Waals surface area contributed by atoms with E-state index in [0.717, 1.165) is 38.3 Å². The van der Waals surface area contributed by atoms with E-state index >= 15 is 0 Å². The maximum Gasteiger partial charge on any atom is 0.254 e. The predicted octanol–water partition coefficient (Wildman–Crippen LogP) is 2.81. The summed E-state index contributed by atoms with van der Waals surface area (Å²) in [5, 5.41) is 0. The van der Waals surface area contributed by atoms with Crippen molar-refractivity contribution in [3.63, 3.8) is 0 Å². The Labute approximate surface area is 147 Å². The van der Waals surface area contributed by atoms with Gasteiger partial charge in [-0.15, -0.1) is 0 Å². The van der Waals surface area contributed by atoms with Crippen molar-refractivity contribution < 1.29 is 14.3 Å². The Morgan fingerprint density at radius 2 is 1.56 bits per heavy atom. The minimum absolute atomic E-state index is 0.0587. The quantitative estimate of drug-likeness (QED) is 0.844. The lowest BCUT2D eigenvalue weighted by atomic mass is 10.1. The third-order valence-electron chi connectivity index (χ3n) is 4.68. The fourth-order valence-corrected chi connectivity index (χ4v) is 3.29. The molecule has 130 valence electrons. The molecular formula is C20H22N2O3. The normalized spacial score (nSPS) is 17.1. The molecule has 0 aromatic heterocycles. The van der Waals surface area contributed by atoms with Crippen molar-refractivity contribution in [2.45, 2.75) is 6.42 Å². The lowest BCUT2D eigenvalue weighted by Crippen LogP contribution is -2.48. The summed E-state index contributed by atoms with van der Waals surface area (Å²) in [7, 11) is 0. The van der Waals surface area contributed by atoms with Crippen molar-refractivity contribution in [2.75, 3.05) is 44.3 Å². The molecular weight excluding hydrogens is 316 g/mol. The Balaban J connectivity index is 1.43. The zero-order valence-electron chi connectivity index (χ0n) is 14.2. The highest BCUT2D eigenvalue weighted by Crippen LogP contribution is 2.31. The van der Waals surface area contributed by atoms with Crippen LogP contribution >= 0.6 is 0 Å². The van der Waals surface area contributed by atoms with Gasteiger partial charge in [-0.05, 0) is 30.3 Å². The molecule has 0 saturated carbocycles. The molecule has 4 rings (SSSR count). The zero-order chi connectivity index (χ0) is 17.1. The van der Waals surface area contributed by atoms with Gasteiger partial charge in [0.15, 0.2) is 11.5 Å². The Bertz CT molecular complexity index is 740. The molecule has 2 aliphatic rings. The minimum atomic E-state index is 0.0587. The second-order valence-corrected chi connectivity index (χ2v) is 6.33. The van der Waals surface area contributed by atoms with E-state index in [2.05, 4.69) is 17.0 Å². The maximum atomic E-state index is 12.8. The summed E-state index contributed by atoms with van der Waals surface area (Å²) in [5.74, 6) is 1.46. The summed E-state index contributed by atoms with van der Waals surface area (Å²) >= 11 is 0. The molecule has 2 aromatic carbocycles. The average molecular weight is 338 g/mol. The van der Waals surface area contributed by atoms with Gasteiger partial charge >= 0.3 is 0 Å².